The molecule has 134 valence electrons. The van der Waals surface area contributed by atoms with Crippen molar-refractivity contribution in [3.8, 4) is 5.75 Å². The lowest BCUT2D eigenvalue weighted by molar-refractivity contribution is -0.156. The zero-order valence-electron chi connectivity index (χ0n) is 15.3. The van der Waals surface area contributed by atoms with Gasteiger partial charge in [-0.05, 0) is 70.6 Å². The highest BCUT2D eigenvalue weighted by Gasteiger charge is 2.26. The van der Waals surface area contributed by atoms with Gasteiger partial charge in [-0.2, -0.15) is 0 Å². The maximum absolute atomic E-state index is 12.0. The van der Waals surface area contributed by atoms with Crippen molar-refractivity contribution in [2.75, 3.05) is 0 Å². The molecule has 1 aliphatic rings. The van der Waals surface area contributed by atoms with Crippen LogP contribution in [0.4, 0.5) is 0 Å². The number of hydrogen-bond acceptors (Lipinski definition) is 4. The van der Waals surface area contributed by atoms with E-state index >= 15 is 0 Å². The number of rotatable bonds is 4. The number of nitrogens with zero attached hydrogens (tertiary/aromatic N) is 1. The van der Waals surface area contributed by atoms with Gasteiger partial charge in [0, 0.05) is 18.0 Å². The van der Waals surface area contributed by atoms with E-state index in [1.165, 1.54) is 0 Å². The van der Waals surface area contributed by atoms with Crippen molar-refractivity contribution in [1.29, 1.82) is 0 Å². The second kappa shape index (κ2) is 7.42. The highest BCUT2D eigenvalue weighted by Crippen LogP contribution is 2.32. The molecule has 0 spiro atoms. The molecular weight excluding hydrogens is 314 g/mol. The smallest absolute Gasteiger partial charge is 0.306 e. The van der Waals surface area contributed by atoms with Crippen LogP contribution in [0.25, 0.3) is 10.9 Å². The molecule has 1 aromatic heterocycles. The second-order valence-corrected chi connectivity index (χ2v) is 7.88. The van der Waals surface area contributed by atoms with Crippen molar-refractivity contribution >= 4 is 16.9 Å². The Morgan fingerprint density at radius 2 is 1.84 bits per heavy atom. The molecule has 4 heteroatoms. The monoisotopic (exact) mass is 341 g/mol. The minimum atomic E-state index is -0.403. The van der Waals surface area contributed by atoms with E-state index in [4.69, 9.17) is 9.47 Å². The van der Waals surface area contributed by atoms with Gasteiger partial charge >= 0.3 is 5.97 Å². The lowest BCUT2D eigenvalue weighted by Gasteiger charge is -2.29. The Morgan fingerprint density at radius 3 is 2.56 bits per heavy atom. The molecule has 1 aromatic carbocycles. The van der Waals surface area contributed by atoms with Crippen LogP contribution >= 0.6 is 0 Å². The average Bonchev–Trinajstić information content (AvgIpc) is 2.55. The molecule has 0 saturated heterocycles. The largest absolute Gasteiger partial charge is 0.490 e. The fourth-order valence-electron chi connectivity index (χ4n) is 3.42. The summed E-state index contributed by atoms with van der Waals surface area (Å²) in [6.07, 6.45) is 6.49. The first-order valence-electron chi connectivity index (χ1n) is 9.13. The van der Waals surface area contributed by atoms with Gasteiger partial charge < -0.3 is 9.47 Å². The Balaban J connectivity index is 1.53. The Hall–Kier alpha value is -2.10. The molecule has 1 aliphatic carbocycles. The predicted octanol–water partition coefficient (Wildman–Crippen LogP) is 4.90. The maximum atomic E-state index is 12.0. The van der Waals surface area contributed by atoms with E-state index in [0.717, 1.165) is 42.3 Å². The van der Waals surface area contributed by atoms with Crippen LogP contribution < -0.4 is 4.74 Å². The van der Waals surface area contributed by atoms with Crippen molar-refractivity contribution in [2.45, 2.75) is 64.6 Å². The van der Waals surface area contributed by atoms with Gasteiger partial charge in [0.15, 0.2) is 0 Å². The minimum Gasteiger partial charge on any atom is -0.490 e. The molecule has 1 heterocycles. The number of esters is 1. The zero-order chi connectivity index (χ0) is 17.9. The Morgan fingerprint density at radius 1 is 1.12 bits per heavy atom. The van der Waals surface area contributed by atoms with E-state index in [-0.39, 0.29) is 12.1 Å². The van der Waals surface area contributed by atoms with Gasteiger partial charge in [0.05, 0.1) is 11.6 Å². The Kier molecular flexibility index (Phi) is 5.26. The second-order valence-electron chi connectivity index (χ2n) is 7.88. The summed E-state index contributed by atoms with van der Waals surface area (Å²) in [5.41, 5.74) is 0.554. The molecule has 0 N–H and O–H groups in total. The van der Waals surface area contributed by atoms with E-state index in [2.05, 4.69) is 4.98 Å². The number of hydrogen-bond donors (Lipinski definition) is 0. The van der Waals surface area contributed by atoms with Crippen LogP contribution in [0.1, 0.15) is 52.9 Å². The molecule has 3 rings (SSSR count). The fourth-order valence-corrected chi connectivity index (χ4v) is 3.42. The first-order valence-corrected chi connectivity index (χ1v) is 9.13. The maximum Gasteiger partial charge on any atom is 0.306 e. The number of para-hydroxylation sites is 1. The summed E-state index contributed by atoms with van der Waals surface area (Å²) >= 11 is 0. The number of pyridine rings is 1. The highest BCUT2D eigenvalue weighted by molar-refractivity contribution is 5.84. The molecule has 4 nitrogen and oxygen atoms in total. The molecule has 0 unspecified atom stereocenters. The summed E-state index contributed by atoms with van der Waals surface area (Å²) in [6.45, 7) is 5.73. The number of fused-ring (bicyclic) bond motifs is 1. The standard InChI is InChI=1S/C21H27NO3/c1-21(2,3)25-20(23)14-15-8-10-16(11-9-15)24-19-12-13-22-18-7-5-4-6-17(18)19/h4-7,12-13,15-16H,8-11,14H2,1-3H3. The zero-order valence-corrected chi connectivity index (χ0v) is 15.3. The van der Waals surface area contributed by atoms with Crippen molar-refractivity contribution in [1.82, 2.24) is 4.98 Å². The van der Waals surface area contributed by atoms with Gasteiger partial charge in [-0.25, -0.2) is 0 Å². The molecule has 0 bridgehead atoms. The van der Waals surface area contributed by atoms with Crippen LogP contribution in [-0.2, 0) is 9.53 Å². The quantitative estimate of drug-likeness (QED) is 0.742. The van der Waals surface area contributed by atoms with Gasteiger partial charge in [0.1, 0.15) is 11.4 Å². The Bertz CT molecular complexity index is 722. The first kappa shape index (κ1) is 17.7. The molecule has 0 amide bonds. The van der Waals surface area contributed by atoms with Crippen LogP contribution in [-0.4, -0.2) is 22.7 Å². The van der Waals surface area contributed by atoms with Crippen LogP contribution in [0.5, 0.6) is 5.75 Å². The molecule has 1 saturated carbocycles. The molecule has 25 heavy (non-hydrogen) atoms. The molecule has 0 aliphatic heterocycles. The third-order valence-electron chi connectivity index (χ3n) is 4.57. The van der Waals surface area contributed by atoms with Crippen LogP contribution in [0.2, 0.25) is 0 Å². The van der Waals surface area contributed by atoms with Crippen LogP contribution in [0.15, 0.2) is 36.5 Å². The van der Waals surface area contributed by atoms with Crippen LogP contribution in [0, 0.1) is 5.92 Å². The molecular formula is C21H27NO3. The number of ether oxygens (including phenoxy) is 2. The minimum absolute atomic E-state index is 0.0861. The highest BCUT2D eigenvalue weighted by atomic mass is 16.6. The van der Waals surface area contributed by atoms with E-state index in [1.54, 1.807) is 6.20 Å². The van der Waals surface area contributed by atoms with E-state index in [1.807, 2.05) is 51.1 Å². The van der Waals surface area contributed by atoms with Gasteiger partial charge in [-0.1, -0.05) is 12.1 Å². The summed E-state index contributed by atoms with van der Waals surface area (Å²) in [7, 11) is 0. The number of aromatic nitrogens is 1. The molecule has 0 radical (unpaired) electrons. The van der Waals surface area contributed by atoms with E-state index in [9.17, 15) is 4.79 Å². The van der Waals surface area contributed by atoms with Gasteiger partial charge in [-0.3, -0.25) is 9.78 Å². The molecule has 2 aromatic rings. The third-order valence-corrected chi connectivity index (χ3v) is 4.57. The van der Waals surface area contributed by atoms with Crippen molar-refractivity contribution < 1.29 is 14.3 Å². The molecule has 1 fully saturated rings. The fraction of sp³-hybridized carbons (Fsp3) is 0.524. The summed E-state index contributed by atoms with van der Waals surface area (Å²) < 4.78 is 11.7. The third kappa shape index (κ3) is 4.94. The van der Waals surface area contributed by atoms with Crippen molar-refractivity contribution in [2.24, 2.45) is 5.92 Å². The summed E-state index contributed by atoms with van der Waals surface area (Å²) in [5.74, 6) is 1.22. The SMILES string of the molecule is CC(C)(C)OC(=O)CC1CCC(Oc2ccnc3ccccc23)CC1. The summed E-state index contributed by atoms with van der Waals surface area (Å²) in [4.78, 5) is 16.4. The van der Waals surface area contributed by atoms with E-state index in [0.29, 0.717) is 12.3 Å². The van der Waals surface area contributed by atoms with Gasteiger partial charge in [-0.15, -0.1) is 0 Å². The normalized spacial score (nSPS) is 21.1. The number of benzene rings is 1. The first-order chi connectivity index (χ1) is 11.9. The predicted molar refractivity (Wildman–Crippen MR) is 98.6 cm³/mol. The van der Waals surface area contributed by atoms with Gasteiger partial charge in [0.2, 0.25) is 0 Å². The lowest BCUT2D eigenvalue weighted by Crippen LogP contribution is -2.28. The van der Waals surface area contributed by atoms with Crippen molar-refractivity contribution in [3.05, 3.63) is 36.5 Å². The summed E-state index contributed by atoms with van der Waals surface area (Å²) in [5, 5.41) is 1.06. The molecule has 0 atom stereocenters. The van der Waals surface area contributed by atoms with E-state index < -0.39 is 5.60 Å². The Labute approximate surface area is 149 Å². The lowest BCUT2D eigenvalue weighted by atomic mass is 9.85. The topological polar surface area (TPSA) is 48.4 Å². The van der Waals surface area contributed by atoms with Crippen LogP contribution in [0.3, 0.4) is 0 Å². The van der Waals surface area contributed by atoms with Crippen molar-refractivity contribution in [3.63, 3.8) is 0 Å². The van der Waals surface area contributed by atoms with Gasteiger partial charge in [0.25, 0.3) is 0 Å². The average molecular weight is 341 g/mol. The summed E-state index contributed by atoms with van der Waals surface area (Å²) in [6, 6.07) is 9.98. The number of carbonyl (C=O) groups is 1. The number of carbonyl (C=O) groups excluding carboxylic acids is 1.